The summed E-state index contributed by atoms with van der Waals surface area (Å²) in [6, 6.07) is 11.3. The zero-order valence-electron chi connectivity index (χ0n) is 10.7. The first-order chi connectivity index (χ1) is 9.90. The highest BCUT2D eigenvalue weighted by Crippen LogP contribution is 2.25. The van der Waals surface area contributed by atoms with Crippen LogP contribution in [0.2, 0.25) is 4.34 Å². The molecule has 8 heteroatoms. The van der Waals surface area contributed by atoms with Crippen molar-refractivity contribution in [3.8, 4) is 0 Å². The molecule has 5 nitrogen and oxygen atoms in total. The summed E-state index contributed by atoms with van der Waals surface area (Å²) >= 11 is 6.63. The summed E-state index contributed by atoms with van der Waals surface area (Å²) < 4.78 is 26.8. The van der Waals surface area contributed by atoms with Crippen LogP contribution in [0.4, 0.5) is 0 Å². The van der Waals surface area contributed by atoms with Crippen LogP contribution in [0, 0.1) is 0 Å². The van der Waals surface area contributed by atoms with Gasteiger partial charge < -0.3 is 5.11 Å². The molecule has 0 amide bonds. The molecule has 0 spiro atoms. The van der Waals surface area contributed by atoms with E-state index in [0.29, 0.717) is 9.90 Å². The number of halogens is 1. The van der Waals surface area contributed by atoms with Crippen molar-refractivity contribution in [3.05, 3.63) is 52.4 Å². The van der Waals surface area contributed by atoms with E-state index < -0.39 is 21.9 Å². The predicted molar refractivity (Wildman–Crippen MR) is 81.3 cm³/mol. The Morgan fingerprint density at radius 2 is 1.90 bits per heavy atom. The first kappa shape index (κ1) is 16.0. The molecule has 0 bridgehead atoms. The quantitative estimate of drug-likeness (QED) is 0.842. The van der Waals surface area contributed by atoms with Crippen molar-refractivity contribution in [1.29, 1.82) is 0 Å². The van der Waals surface area contributed by atoms with Gasteiger partial charge in [-0.05, 0) is 17.7 Å². The molecule has 0 aliphatic carbocycles. The molecule has 1 aromatic carbocycles. The van der Waals surface area contributed by atoms with Gasteiger partial charge in [-0.2, -0.15) is 0 Å². The van der Waals surface area contributed by atoms with Gasteiger partial charge in [-0.1, -0.05) is 41.9 Å². The number of benzene rings is 1. The summed E-state index contributed by atoms with van der Waals surface area (Å²) in [4.78, 5) is 11.3. The SMILES string of the molecule is O=C(O)C(CNS(=O)(=O)c1ccc(Cl)s1)c1ccccc1. The second kappa shape index (κ2) is 6.57. The van der Waals surface area contributed by atoms with Gasteiger partial charge in [-0.3, -0.25) is 4.79 Å². The van der Waals surface area contributed by atoms with Gasteiger partial charge in [-0.15, -0.1) is 11.3 Å². The molecule has 0 saturated heterocycles. The molecular weight excluding hydrogens is 334 g/mol. The lowest BCUT2D eigenvalue weighted by molar-refractivity contribution is -0.138. The van der Waals surface area contributed by atoms with Crippen LogP contribution >= 0.6 is 22.9 Å². The molecule has 1 aromatic heterocycles. The normalized spacial score (nSPS) is 13.0. The van der Waals surface area contributed by atoms with E-state index in [1.807, 2.05) is 0 Å². The topological polar surface area (TPSA) is 83.5 Å². The van der Waals surface area contributed by atoms with Gasteiger partial charge in [0.05, 0.1) is 10.3 Å². The van der Waals surface area contributed by atoms with E-state index in [4.69, 9.17) is 11.6 Å². The molecule has 0 fully saturated rings. The molecule has 1 unspecified atom stereocenters. The van der Waals surface area contributed by atoms with Crippen LogP contribution in [0.15, 0.2) is 46.7 Å². The Hall–Kier alpha value is -1.41. The maximum Gasteiger partial charge on any atom is 0.312 e. The highest BCUT2D eigenvalue weighted by atomic mass is 35.5. The minimum Gasteiger partial charge on any atom is -0.481 e. The maximum atomic E-state index is 12.1. The van der Waals surface area contributed by atoms with E-state index >= 15 is 0 Å². The second-order valence-electron chi connectivity index (χ2n) is 4.21. The third-order valence-electron chi connectivity index (χ3n) is 2.79. The second-order valence-corrected chi connectivity index (χ2v) is 7.92. The number of aliphatic carboxylic acids is 1. The number of sulfonamides is 1. The Labute approximate surface area is 131 Å². The molecule has 2 aromatic rings. The lowest BCUT2D eigenvalue weighted by Gasteiger charge is -2.13. The molecule has 1 heterocycles. The molecule has 2 N–H and O–H groups in total. The van der Waals surface area contributed by atoms with Crippen molar-refractivity contribution in [2.45, 2.75) is 10.1 Å². The van der Waals surface area contributed by atoms with E-state index in [0.717, 1.165) is 11.3 Å². The Morgan fingerprint density at radius 1 is 1.24 bits per heavy atom. The van der Waals surface area contributed by atoms with Gasteiger partial charge in [0.25, 0.3) is 0 Å². The van der Waals surface area contributed by atoms with Crippen LogP contribution in [-0.2, 0) is 14.8 Å². The summed E-state index contributed by atoms with van der Waals surface area (Å²) in [6.45, 7) is -0.225. The smallest absolute Gasteiger partial charge is 0.312 e. The number of nitrogens with one attached hydrogen (secondary N) is 1. The fraction of sp³-hybridized carbons (Fsp3) is 0.154. The van der Waals surface area contributed by atoms with Gasteiger partial charge in [0.2, 0.25) is 10.0 Å². The van der Waals surface area contributed by atoms with Crippen LogP contribution in [0.1, 0.15) is 11.5 Å². The average molecular weight is 346 g/mol. The Morgan fingerprint density at radius 3 is 2.43 bits per heavy atom. The summed E-state index contributed by atoms with van der Waals surface area (Å²) in [5.74, 6) is -2.04. The molecule has 0 radical (unpaired) electrons. The summed E-state index contributed by atoms with van der Waals surface area (Å²) in [7, 11) is -3.76. The Balaban J connectivity index is 2.14. The number of carbonyl (C=O) groups is 1. The van der Waals surface area contributed by atoms with E-state index in [9.17, 15) is 18.3 Å². The first-order valence-electron chi connectivity index (χ1n) is 5.93. The number of thiophene rings is 1. The monoisotopic (exact) mass is 345 g/mol. The lowest BCUT2D eigenvalue weighted by Crippen LogP contribution is -2.31. The molecule has 0 saturated carbocycles. The summed E-state index contributed by atoms with van der Waals surface area (Å²) in [6.07, 6.45) is 0. The van der Waals surface area contributed by atoms with Crippen molar-refractivity contribution in [1.82, 2.24) is 4.72 Å². The summed E-state index contributed by atoms with van der Waals surface area (Å²) in [5, 5.41) is 9.24. The van der Waals surface area contributed by atoms with Crippen LogP contribution < -0.4 is 4.72 Å². The average Bonchev–Trinajstić information content (AvgIpc) is 2.87. The fourth-order valence-corrected chi connectivity index (χ4v) is 4.31. The highest BCUT2D eigenvalue weighted by Gasteiger charge is 2.24. The molecule has 112 valence electrons. The minimum absolute atomic E-state index is 0.0599. The number of carboxylic acid groups (broad SMARTS) is 1. The van der Waals surface area contributed by atoms with Crippen LogP contribution in [0.3, 0.4) is 0 Å². The van der Waals surface area contributed by atoms with E-state index in [1.54, 1.807) is 30.3 Å². The zero-order valence-corrected chi connectivity index (χ0v) is 13.1. The fourth-order valence-electron chi connectivity index (χ4n) is 1.74. The van der Waals surface area contributed by atoms with E-state index in [-0.39, 0.29) is 10.8 Å². The van der Waals surface area contributed by atoms with Crippen LogP contribution in [0.25, 0.3) is 0 Å². The van der Waals surface area contributed by atoms with Crippen LogP contribution in [0.5, 0.6) is 0 Å². The molecule has 2 rings (SSSR count). The van der Waals surface area contributed by atoms with E-state index in [1.165, 1.54) is 12.1 Å². The van der Waals surface area contributed by atoms with Crippen molar-refractivity contribution in [2.24, 2.45) is 0 Å². The third kappa shape index (κ3) is 4.04. The molecule has 0 aliphatic heterocycles. The lowest BCUT2D eigenvalue weighted by atomic mass is 10.00. The summed E-state index contributed by atoms with van der Waals surface area (Å²) in [5.41, 5.74) is 0.539. The van der Waals surface area contributed by atoms with Gasteiger partial charge in [0.15, 0.2) is 0 Å². The van der Waals surface area contributed by atoms with Crippen molar-refractivity contribution >= 4 is 38.9 Å². The van der Waals surface area contributed by atoms with Crippen molar-refractivity contribution in [2.75, 3.05) is 6.54 Å². The highest BCUT2D eigenvalue weighted by molar-refractivity contribution is 7.91. The number of carboxylic acids is 1. The van der Waals surface area contributed by atoms with Gasteiger partial charge in [-0.25, -0.2) is 13.1 Å². The molecule has 1 atom stereocenters. The predicted octanol–water partition coefficient (Wildman–Crippen LogP) is 2.55. The van der Waals surface area contributed by atoms with Crippen molar-refractivity contribution in [3.63, 3.8) is 0 Å². The van der Waals surface area contributed by atoms with Crippen molar-refractivity contribution < 1.29 is 18.3 Å². The molecule has 0 aliphatic rings. The zero-order chi connectivity index (χ0) is 15.5. The standard InChI is InChI=1S/C13H12ClNO4S2/c14-11-6-7-12(20-11)21(18,19)15-8-10(13(16)17)9-4-2-1-3-5-9/h1-7,10,15H,8H2,(H,16,17). The number of rotatable bonds is 6. The van der Waals surface area contributed by atoms with E-state index in [2.05, 4.69) is 4.72 Å². The van der Waals surface area contributed by atoms with Crippen LogP contribution in [-0.4, -0.2) is 26.0 Å². The van der Waals surface area contributed by atoms with Gasteiger partial charge >= 0.3 is 5.97 Å². The van der Waals surface area contributed by atoms with Gasteiger partial charge in [0, 0.05) is 6.54 Å². The largest absolute Gasteiger partial charge is 0.481 e. The first-order valence-corrected chi connectivity index (χ1v) is 8.60. The Kier molecular flexibility index (Phi) is 5.00. The third-order valence-corrected chi connectivity index (χ3v) is 5.94. The number of hydrogen-bond acceptors (Lipinski definition) is 4. The Bertz CT molecular complexity index is 728. The number of hydrogen-bond donors (Lipinski definition) is 2. The maximum absolute atomic E-state index is 12.1. The van der Waals surface area contributed by atoms with Gasteiger partial charge in [0.1, 0.15) is 4.21 Å². The molecular formula is C13H12ClNO4S2. The molecule has 21 heavy (non-hydrogen) atoms. The minimum atomic E-state index is -3.76.